The molecule has 18 heavy (non-hydrogen) atoms. The maximum absolute atomic E-state index is 11.8. The number of nitrogens with zero attached hydrogens (tertiary/aromatic N) is 1. The number of carbonyl (C=O) groups is 1. The van der Waals surface area contributed by atoms with Gasteiger partial charge in [0.05, 0.1) is 4.90 Å². The molecule has 1 aromatic rings. The summed E-state index contributed by atoms with van der Waals surface area (Å²) in [4.78, 5) is 13.6. The van der Waals surface area contributed by atoms with Crippen molar-refractivity contribution < 1.29 is 13.2 Å². The number of rotatable bonds is 2. The van der Waals surface area contributed by atoms with Gasteiger partial charge < -0.3 is 4.90 Å². The molecule has 1 aromatic carbocycles. The van der Waals surface area contributed by atoms with Crippen LogP contribution in [0.15, 0.2) is 23.1 Å². The van der Waals surface area contributed by atoms with E-state index >= 15 is 0 Å². The number of carbonyl (C=O) groups excluding carboxylic acids is 1. The van der Waals surface area contributed by atoms with Crippen LogP contribution in [-0.2, 0) is 20.3 Å². The Morgan fingerprint density at radius 2 is 2.17 bits per heavy atom. The molecular formula is C12H14ClNO3S. The maximum atomic E-state index is 11.8. The highest BCUT2D eigenvalue weighted by Gasteiger charge is 2.23. The molecule has 98 valence electrons. The van der Waals surface area contributed by atoms with Crippen LogP contribution in [0.25, 0.3) is 0 Å². The molecule has 1 amide bonds. The summed E-state index contributed by atoms with van der Waals surface area (Å²) in [5, 5.41) is 0. The van der Waals surface area contributed by atoms with Gasteiger partial charge in [0.25, 0.3) is 9.05 Å². The molecule has 0 aliphatic carbocycles. The summed E-state index contributed by atoms with van der Waals surface area (Å²) < 4.78 is 22.6. The average molecular weight is 288 g/mol. The summed E-state index contributed by atoms with van der Waals surface area (Å²) in [6.07, 6.45) is 2.04. The molecule has 2 rings (SSSR count). The van der Waals surface area contributed by atoms with E-state index in [4.69, 9.17) is 10.7 Å². The second-order valence-corrected chi connectivity index (χ2v) is 6.80. The molecule has 0 fully saturated rings. The summed E-state index contributed by atoms with van der Waals surface area (Å²) >= 11 is 0. The van der Waals surface area contributed by atoms with Gasteiger partial charge in [-0.15, -0.1) is 0 Å². The van der Waals surface area contributed by atoms with Crippen molar-refractivity contribution in [2.24, 2.45) is 0 Å². The van der Waals surface area contributed by atoms with Gasteiger partial charge in [-0.2, -0.15) is 0 Å². The van der Waals surface area contributed by atoms with Crippen LogP contribution in [0.3, 0.4) is 0 Å². The highest BCUT2D eigenvalue weighted by atomic mass is 35.7. The first-order valence-corrected chi connectivity index (χ1v) is 8.12. The fourth-order valence-electron chi connectivity index (χ4n) is 2.18. The molecule has 4 nitrogen and oxygen atoms in total. The predicted molar refractivity (Wildman–Crippen MR) is 70.4 cm³/mol. The summed E-state index contributed by atoms with van der Waals surface area (Å²) in [5.74, 6) is 0.0532. The third kappa shape index (κ3) is 2.52. The molecule has 1 heterocycles. The number of fused-ring (bicyclic) bond motifs is 1. The number of hydrogen-bond acceptors (Lipinski definition) is 3. The Balaban J connectivity index is 2.46. The molecule has 0 spiro atoms. The zero-order valence-corrected chi connectivity index (χ0v) is 11.6. The molecule has 0 unspecified atom stereocenters. The lowest BCUT2D eigenvalue weighted by molar-refractivity contribution is -0.118. The van der Waals surface area contributed by atoms with E-state index in [-0.39, 0.29) is 10.8 Å². The number of aryl methyl sites for hydroxylation is 1. The van der Waals surface area contributed by atoms with Gasteiger partial charge in [-0.1, -0.05) is 6.92 Å². The van der Waals surface area contributed by atoms with E-state index in [0.717, 1.165) is 24.1 Å². The van der Waals surface area contributed by atoms with E-state index < -0.39 is 9.05 Å². The van der Waals surface area contributed by atoms with Crippen LogP contribution in [0.5, 0.6) is 0 Å². The van der Waals surface area contributed by atoms with Crippen molar-refractivity contribution in [3.05, 3.63) is 23.8 Å². The molecule has 0 N–H and O–H groups in total. The molecule has 0 aromatic heterocycles. The van der Waals surface area contributed by atoms with Crippen LogP contribution < -0.4 is 4.90 Å². The third-order valence-corrected chi connectivity index (χ3v) is 4.41. The normalized spacial score (nSPS) is 15.3. The quantitative estimate of drug-likeness (QED) is 0.784. The van der Waals surface area contributed by atoms with E-state index in [9.17, 15) is 13.2 Å². The highest BCUT2D eigenvalue weighted by molar-refractivity contribution is 8.13. The molecule has 0 radical (unpaired) electrons. The smallest absolute Gasteiger partial charge is 0.261 e. The Bertz CT molecular complexity index is 583. The molecule has 1 aliphatic rings. The van der Waals surface area contributed by atoms with Gasteiger partial charge in [0.15, 0.2) is 0 Å². The molecule has 0 saturated heterocycles. The Morgan fingerprint density at radius 3 is 2.78 bits per heavy atom. The third-order valence-electron chi connectivity index (χ3n) is 3.05. The number of halogens is 1. The number of amides is 1. The monoisotopic (exact) mass is 287 g/mol. The van der Waals surface area contributed by atoms with E-state index in [2.05, 4.69) is 0 Å². The maximum Gasteiger partial charge on any atom is 0.261 e. The lowest BCUT2D eigenvalue weighted by Gasteiger charge is -2.29. The predicted octanol–water partition coefficient (Wildman–Crippen LogP) is 2.30. The highest BCUT2D eigenvalue weighted by Crippen LogP contribution is 2.30. The van der Waals surface area contributed by atoms with Gasteiger partial charge in [0.1, 0.15) is 0 Å². The van der Waals surface area contributed by atoms with Crippen LogP contribution in [0.1, 0.15) is 25.3 Å². The van der Waals surface area contributed by atoms with Crippen molar-refractivity contribution in [3.8, 4) is 0 Å². The second-order valence-electron chi connectivity index (χ2n) is 4.23. The minimum atomic E-state index is -3.71. The number of hydrogen-bond donors (Lipinski definition) is 0. The van der Waals surface area contributed by atoms with Gasteiger partial charge in [0, 0.05) is 29.3 Å². The van der Waals surface area contributed by atoms with Crippen molar-refractivity contribution in [1.82, 2.24) is 0 Å². The van der Waals surface area contributed by atoms with E-state index in [1.54, 1.807) is 17.0 Å². The Kier molecular flexibility index (Phi) is 3.64. The second kappa shape index (κ2) is 4.90. The first-order chi connectivity index (χ1) is 8.43. The number of anilines is 1. The Morgan fingerprint density at radius 1 is 1.44 bits per heavy atom. The first-order valence-electron chi connectivity index (χ1n) is 5.81. The topological polar surface area (TPSA) is 54.5 Å². The molecule has 0 saturated carbocycles. The SMILES string of the molecule is CCC(=O)N1CCCc2cc(S(=O)(=O)Cl)ccc21. The average Bonchev–Trinajstić information content (AvgIpc) is 2.35. The van der Waals surface area contributed by atoms with Crippen LogP contribution in [0.4, 0.5) is 5.69 Å². The van der Waals surface area contributed by atoms with Crippen molar-refractivity contribution in [2.75, 3.05) is 11.4 Å². The molecule has 0 bridgehead atoms. The largest absolute Gasteiger partial charge is 0.312 e. The van der Waals surface area contributed by atoms with Crippen LogP contribution >= 0.6 is 10.7 Å². The van der Waals surface area contributed by atoms with Gasteiger partial charge in [0.2, 0.25) is 5.91 Å². The van der Waals surface area contributed by atoms with Crippen molar-refractivity contribution in [3.63, 3.8) is 0 Å². The fourth-order valence-corrected chi connectivity index (χ4v) is 2.98. The molecular weight excluding hydrogens is 274 g/mol. The van der Waals surface area contributed by atoms with Gasteiger partial charge in [-0.25, -0.2) is 8.42 Å². The van der Waals surface area contributed by atoms with Crippen molar-refractivity contribution in [2.45, 2.75) is 31.1 Å². The van der Waals surface area contributed by atoms with Crippen LogP contribution in [-0.4, -0.2) is 20.9 Å². The molecule has 1 aliphatic heterocycles. The lowest BCUT2D eigenvalue weighted by atomic mass is 10.0. The summed E-state index contributed by atoms with van der Waals surface area (Å²) in [7, 11) is 1.61. The van der Waals surface area contributed by atoms with Crippen molar-refractivity contribution in [1.29, 1.82) is 0 Å². The summed E-state index contributed by atoms with van der Waals surface area (Å²) in [5.41, 5.74) is 1.67. The van der Waals surface area contributed by atoms with Gasteiger partial charge >= 0.3 is 0 Å². The van der Waals surface area contributed by atoms with Crippen LogP contribution in [0.2, 0.25) is 0 Å². The lowest BCUT2D eigenvalue weighted by Crippen LogP contribution is -2.34. The Labute approximate surface area is 111 Å². The molecule has 0 atom stereocenters. The standard InChI is InChI=1S/C12H14ClNO3S/c1-2-12(15)14-7-3-4-9-8-10(18(13,16)17)5-6-11(9)14/h5-6,8H,2-4,7H2,1H3. The summed E-state index contributed by atoms with van der Waals surface area (Å²) in [6.45, 7) is 2.50. The minimum absolute atomic E-state index is 0.0532. The molecule has 6 heteroatoms. The number of benzene rings is 1. The van der Waals surface area contributed by atoms with Crippen molar-refractivity contribution >= 4 is 31.3 Å². The summed E-state index contributed by atoms with van der Waals surface area (Å²) in [6, 6.07) is 4.67. The zero-order valence-electron chi connectivity index (χ0n) is 10.0. The first kappa shape index (κ1) is 13.4. The van der Waals surface area contributed by atoms with Gasteiger partial charge in [-0.05, 0) is 36.6 Å². The van der Waals surface area contributed by atoms with E-state index in [1.807, 2.05) is 6.92 Å². The fraction of sp³-hybridized carbons (Fsp3) is 0.417. The van der Waals surface area contributed by atoms with Crippen LogP contribution in [0, 0.1) is 0 Å². The van der Waals surface area contributed by atoms with Gasteiger partial charge in [-0.3, -0.25) is 4.79 Å². The zero-order chi connectivity index (χ0) is 13.3. The minimum Gasteiger partial charge on any atom is -0.312 e. The van der Waals surface area contributed by atoms with E-state index in [1.165, 1.54) is 6.07 Å². The Hall–Kier alpha value is -1.07. The van der Waals surface area contributed by atoms with E-state index in [0.29, 0.717) is 13.0 Å².